The normalized spacial score (nSPS) is 20.3. The van der Waals surface area contributed by atoms with Gasteiger partial charge in [0, 0.05) is 31.8 Å². The Morgan fingerprint density at radius 3 is 2.71 bits per heavy atom. The van der Waals surface area contributed by atoms with Crippen LogP contribution in [0.4, 0.5) is 11.8 Å². The molecule has 0 saturated heterocycles. The molecule has 3 unspecified atom stereocenters. The number of hydrogen-bond acceptors (Lipinski definition) is 10. The first-order chi connectivity index (χ1) is 16.7. The van der Waals surface area contributed by atoms with Crippen LogP contribution in [0.2, 0.25) is 0 Å². The number of thiazole rings is 1. The van der Waals surface area contributed by atoms with Crippen LogP contribution < -0.4 is 10.6 Å². The Kier molecular flexibility index (Phi) is 7.63. The number of rotatable bonds is 10. The Morgan fingerprint density at radius 1 is 1.23 bits per heavy atom. The van der Waals surface area contributed by atoms with Crippen molar-refractivity contribution in [3.05, 3.63) is 23.7 Å². The van der Waals surface area contributed by atoms with Gasteiger partial charge in [-0.05, 0) is 58.9 Å². The molecule has 1 aliphatic rings. The number of anilines is 2. The topological polar surface area (TPSA) is 122 Å². The highest BCUT2D eigenvalue weighted by atomic mass is 32.1. The van der Waals surface area contributed by atoms with Crippen LogP contribution in [0, 0.1) is 25.7 Å². The quantitative estimate of drug-likeness (QED) is 0.281. The number of carbonyl (C=O) groups excluding carboxylic acids is 1. The van der Waals surface area contributed by atoms with Gasteiger partial charge in [-0.1, -0.05) is 0 Å². The average Bonchev–Trinajstić information content (AvgIpc) is 3.37. The fourth-order valence-electron chi connectivity index (χ4n) is 4.91. The molecule has 188 valence electrons. The van der Waals surface area contributed by atoms with E-state index in [1.54, 1.807) is 24.6 Å². The van der Waals surface area contributed by atoms with E-state index in [1.807, 2.05) is 33.8 Å². The van der Waals surface area contributed by atoms with E-state index in [0.717, 1.165) is 51.3 Å². The SMILES string of the molecule is COCCNc1nc(C)c(-c2nc3c(C)nccc3s2)c(NC2CC(CC(C)(C)O)CC2C=O)n1. The fraction of sp³-hybridized carbons (Fsp3) is 0.560. The lowest BCUT2D eigenvalue weighted by Crippen LogP contribution is -2.27. The number of aryl methyl sites for hydroxylation is 2. The molecule has 0 amide bonds. The second-order valence-corrected chi connectivity index (χ2v) is 11.0. The Morgan fingerprint density at radius 2 is 2.03 bits per heavy atom. The molecule has 1 fully saturated rings. The van der Waals surface area contributed by atoms with Gasteiger partial charge in [0.05, 0.1) is 33.9 Å². The Bertz CT molecular complexity index is 1190. The van der Waals surface area contributed by atoms with E-state index in [-0.39, 0.29) is 17.9 Å². The maximum atomic E-state index is 12.0. The molecule has 3 aromatic rings. The third-order valence-electron chi connectivity index (χ3n) is 6.38. The lowest BCUT2D eigenvalue weighted by Gasteiger charge is -2.22. The lowest BCUT2D eigenvalue weighted by atomic mass is 9.92. The van der Waals surface area contributed by atoms with E-state index >= 15 is 0 Å². The Hall–Kier alpha value is -2.69. The third kappa shape index (κ3) is 5.94. The number of aromatic nitrogens is 4. The number of hydrogen-bond donors (Lipinski definition) is 3. The summed E-state index contributed by atoms with van der Waals surface area (Å²) < 4.78 is 6.20. The number of aldehydes is 1. The van der Waals surface area contributed by atoms with Gasteiger partial charge in [0.25, 0.3) is 0 Å². The van der Waals surface area contributed by atoms with Crippen molar-refractivity contribution in [3.63, 3.8) is 0 Å². The molecule has 0 bridgehead atoms. The summed E-state index contributed by atoms with van der Waals surface area (Å²) in [6, 6.07) is 1.88. The highest BCUT2D eigenvalue weighted by molar-refractivity contribution is 7.21. The number of ether oxygens (including phenoxy) is 1. The van der Waals surface area contributed by atoms with E-state index in [9.17, 15) is 9.90 Å². The first-order valence-electron chi connectivity index (χ1n) is 12.0. The van der Waals surface area contributed by atoms with E-state index in [2.05, 4.69) is 20.6 Å². The maximum Gasteiger partial charge on any atom is 0.224 e. The average molecular weight is 499 g/mol. The van der Waals surface area contributed by atoms with Gasteiger partial charge < -0.3 is 25.3 Å². The van der Waals surface area contributed by atoms with Crippen LogP contribution in [0.1, 0.15) is 44.5 Å². The smallest absolute Gasteiger partial charge is 0.224 e. The largest absolute Gasteiger partial charge is 0.390 e. The predicted octanol–water partition coefficient (Wildman–Crippen LogP) is 3.99. The number of nitrogens with one attached hydrogen (secondary N) is 2. The molecule has 4 rings (SSSR count). The number of fused-ring (bicyclic) bond motifs is 1. The Balaban J connectivity index is 1.71. The predicted molar refractivity (Wildman–Crippen MR) is 139 cm³/mol. The van der Waals surface area contributed by atoms with Crippen molar-refractivity contribution >= 4 is 39.6 Å². The number of nitrogens with zero attached hydrogens (tertiary/aromatic N) is 4. The number of pyridine rings is 1. The molecule has 3 N–H and O–H groups in total. The van der Waals surface area contributed by atoms with Crippen molar-refractivity contribution < 1.29 is 14.6 Å². The van der Waals surface area contributed by atoms with Crippen LogP contribution in [-0.2, 0) is 9.53 Å². The summed E-state index contributed by atoms with van der Waals surface area (Å²) >= 11 is 1.58. The standard InChI is InChI=1S/C25H34N6O3S/c1-14-20(23-30-21-15(2)26-7-6-19(21)35-23)22(31-24(28-14)27-8-9-34-5)29-18-11-16(10-17(18)13-32)12-25(3,4)33/h6-7,13,16-18,33H,8-12H2,1-5H3,(H2,27,28,29,31). The molecule has 35 heavy (non-hydrogen) atoms. The van der Waals surface area contributed by atoms with Gasteiger partial charge in [0.1, 0.15) is 22.6 Å². The summed E-state index contributed by atoms with van der Waals surface area (Å²) in [4.78, 5) is 30.7. The van der Waals surface area contributed by atoms with E-state index < -0.39 is 5.60 Å². The number of methoxy groups -OCH3 is 1. The molecule has 3 heterocycles. The summed E-state index contributed by atoms with van der Waals surface area (Å²) in [5.41, 5.74) is 2.60. The monoisotopic (exact) mass is 498 g/mol. The van der Waals surface area contributed by atoms with Gasteiger partial charge in [-0.2, -0.15) is 4.98 Å². The molecular formula is C25H34N6O3S. The molecule has 0 aromatic carbocycles. The molecule has 9 nitrogen and oxygen atoms in total. The van der Waals surface area contributed by atoms with Crippen LogP contribution in [0.25, 0.3) is 20.8 Å². The third-order valence-corrected chi connectivity index (χ3v) is 7.42. The Labute approximate surface area is 209 Å². The highest BCUT2D eigenvalue weighted by Gasteiger charge is 2.37. The fourth-order valence-corrected chi connectivity index (χ4v) is 6.02. The number of carbonyl (C=O) groups is 1. The summed E-state index contributed by atoms with van der Waals surface area (Å²) in [5, 5.41) is 17.9. The molecule has 0 aliphatic heterocycles. The molecule has 3 atom stereocenters. The molecular weight excluding hydrogens is 464 g/mol. The second-order valence-electron chi connectivity index (χ2n) is 9.94. The highest BCUT2D eigenvalue weighted by Crippen LogP contribution is 2.40. The molecule has 0 spiro atoms. The maximum absolute atomic E-state index is 12.0. The van der Waals surface area contributed by atoms with Crippen molar-refractivity contribution in [2.24, 2.45) is 11.8 Å². The van der Waals surface area contributed by atoms with Crippen molar-refractivity contribution in [3.8, 4) is 10.6 Å². The zero-order valence-corrected chi connectivity index (χ0v) is 21.8. The van der Waals surface area contributed by atoms with Gasteiger partial charge in [-0.15, -0.1) is 11.3 Å². The molecule has 1 saturated carbocycles. The van der Waals surface area contributed by atoms with Crippen molar-refractivity contribution in [2.75, 3.05) is 30.9 Å². The van der Waals surface area contributed by atoms with Gasteiger partial charge in [0.2, 0.25) is 5.95 Å². The zero-order chi connectivity index (χ0) is 25.2. The van der Waals surface area contributed by atoms with E-state index in [0.29, 0.717) is 31.3 Å². The first kappa shape index (κ1) is 25.4. The van der Waals surface area contributed by atoms with Crippen molar-refractivity contribution in [1.82, 2.24) is 19.9 Å². The van der Waals surface area contributed by atoms with Gasteiger partial charge >= 0.3 is 0 Å². The first-order valence-corrected chi connectivity index (χ1v) is 12.8. The minimum Gasteiger partial charge on any atom is -0.390 e. The van der Waals surface area contributed by atoms with Crippen LogP contribution in [0.5, 0.6) is 0 Å². The van der Waals surface area contributed by atoms with Crippen LogP contribution >= 0.6 is 11.3 Å². The van der Waals surface area contributed by atoms with Gasteiger partial charge in [-0.3, -0.25) is 4.98 Å². The summed E-state index contributed by atoms with van der Waals surface area (Å²) in [6.07, 6.45) is 5.00. The van der Waals surface area contributed by atoms with E-state index in [4.69, 9.17) is 14.7 Å². The number of aliphatic hydroxyl groups is 1. The lowest BCUT2D eigenvalue weighted by molar-refractivity contribution is -0.111. The molecule has 3 aromatic heterocycles. The van der Waals surface area contributed by atoms with Crippen molar-refractivity contribution in [2.45, 2.75) is 58.6 Å². The van der Waals surface area contributed by atoms with Gasteiger partial charge in [0.15, 0.2) is 0 Å². The summed E-state index contributed by atoms with van der Waals surface area (Å²) in [7, 11) is 1.65. The molecule has 10 heteroatoms. The zero-order valence-electron chi connectivity index (χ0n) is 21.0. The summed E-state index contributed by atoms with van der Waals surface area (Å²) in [5.74, 6) is 1.25. The van der Waals surface area contributed by atoms with E-state index in [1.165, 1.54) is 0 Å². The van der Waals surface area contributed by atoms with Crippen molar-refractivity contribution in [1.29, 1.82) is 0 Å². The minimum absolute atomic E-state index is 0.0856. The molecule has 1 aliphatic carbocycles. The minimum atomic E-state index is -0.769. The van der Waals surface area contributed by atoms with Crippen LogP contribution in [0.15, 0.2) is 12.3 Å². The molecule has 0 radical (unpaired) electrons. The van der Waals surface area contributed by atoms with Crippen LogP contribution in [0.3, 0.4) is 0 Å². The second kappa shape index (κ2) is 10.5. The summed E-state index contributed by atoms with van der Waals surface area (Å²) in [6.45, 7) is 8.65. The van der Waals surface area contributed by atoms with Crippen LogP contribution in [-0.4, -0.2) is 63.2 Å². The van der Waals surface area contributed by atoms with Gasteiger partial charge in [-0.25, -0.2) is 9.97 Å².